The van der Waals surface area contributed by atoms with Crippen LogP contribution in [0, 0.1) is 32.5 Å². The Bertz CT molecular complexity index is 3980. The Balaban J connectivity index is 1.66. The van der Waals surface area contributed by atoms with Crippen LogP contribution in [-0.4, -0.2) is 350 Å². The fourth-order valence-corrected chi connectivity index (χ4v) is 14.9. The molecule has 0 aromatic heterocycles. The second-order valence-corrected chi connectivity index (χ2v) is 40.6. The van der Waals surface area contributed by atoms with Gasteiger partial charge in [-0.25, -0.2) is 0 Å². The molecule has 6 aliphatic heterocycles. The number of rotatable bonds is 59. The zero-order valence-electron chi connectivity index (χ0n) is 86.5. The number of carbonyl (C=O) groups excluding carboxylic acids is 7. The molecule has 0 radical (unpaired) electrons. The molecule has 38 nitrogen and oxygen atoms in total. The minimum absolute atomic E-state index is 0.00452. The Labute approximate surface area is 837 Å². The number of hydrogen-bond acceptors (Lipinski definition) is 38. The summed E-state index contributed by atoms with van der Waals surface area (Å²) in [6.07, 6.45) is -30.9. The van der Waals surface area contributed by atoms with Gasteiger partial charge in [0.2, 0.25) is 0 Å². The monoisotopic (exact) mass is 2020 g/mol. The lowest BCUT2D eigenvalue weighted by molar-refractivity contribution is -0.401. The van der Waals surface area contributed by atoms with Gasteiger partial charge in [0.15, 0.2) is 80.5 Å². The van der Waals surface area contributed by atoms with Gasteiger partial charge in [0, 0.05) is 6.92 Å². The molecular weight excluding hydrogens is 1860 g/mol. The molecule has 0 aromatic rings. The fourth-order valence-electron chi connectivity index (χ4n) is 14.9. The first-order valence-electron chi connectivity index (χ1n) is 47.8. The molecule has 0 aromatic carbocycles. The standard InChI is InChI=1S/C104H160O38/c1-32-44-113-56-63-70(75(119-50-38-7)81(87(106)126-63)137-93(107)99(14,15)16)132-89-83(139-95(109)101(20,21)22)77(121-52-40-9)72(65(128-89)58-115-46-34-3)134-91-85(141-97(111)103(26,27)28)79(123-54-42-11)74(67(130-91)60-117-48-36-5)136-92-86(142-98(112)104(29,30)31)80(124-55-43-12)73(68(131-92)61-118-49-37-6)135-90-84(140-96(110)102(23,24)25)78(122-53-41-10)71(66(129-90)59-116-47-35-4)133-88-82(138-94(108)100(17,18)19)76(120-51-39-8)69(125-62(13)105)64(127-88)57-114-45-33-2/h32-43,63-92,106H,1-12,44-61H2,13-31H3/t63-,64+,65-,66+,67?,68+,69-,70+,71-,72+,73-,74+,75-,76+,77-,78+,79-,80+,81+,82-,83+,84-,85+,86-,87-,88-,89+,90-,91+,92-/m1/s1. The normalized spacial score (nSPS) is 31.5. The summed E-state index contributed by atoms with van der Waals surface area (Å²) in [5.74, 6) is -5.61. The van der Waals surface area contributed by atoms with Gasteiger partial charge in [-0.3, -0.25) is 33.6 Å². The molecule has 0 aliphatic carbocycles. The molecule has 6 saturated heterocycles. The van der Waals surface area contributed by atoms with Crippen molar-refractivity contribution in [1.29, 1.82) is 0 Å². The van der Waals surface area contributed by atoms with Crippen LogP contribution in [0.1, 0.15) is 132 Å². The van der Waals surface area contributed by atoms with E-state index in [4.69, 9.17) is 142 Å². The van der Waals surface area contributed by atoms with Gasteiger partial charge in [-0.2, -0.15) is 0 Å². The molecule has 1 N–H and O–H groups in total. The molecule has 804 valence electrons. The van der Waals surface area contributed by atoms with E-state index in [0.717, 1.165) is 0 Å². The van der Waals surface area contributed by atoms with Gasteiger partial charge in [-0.15, -0.1) is 78.9 Å². The van der Waals surface area contributed by atoms with E-state index in [0.29, 0.717) is 0 Å². The van der Waals surface area contributed by atoms with Crippen LogP contribution in [0.2, 0.25) is 0 Å². The number of hydrogen-bond donors (Lipinski definition) is 1. The van der Waals surface area contributed by atoms with Crippen molar-refractivity contribution in [2.45, 2.75) is 316 Å². The number of carbonyl (C=O) groups is 7. The first kappa shape index (κ1) is 123. The molecule has 6 fully saturated rings. The third-order valence-electron chi connectivity index (χ3n) is 22.0. The maximum absolute atomic E-state index is 15.3. The minimum atomic E-state index is -1.91. The van der Waals surface area contributed by atoms with E-state index in [1.165, 1.54) is 79.8 Å². The van der Waals surface area contributed by atoms with E-state index >= 15 is 14.4 Å². The highest BCUT2D eigenvalue weighted by molar-refractivity contribution is 5.78. The van der Waals surface area contributed by atoms with Crippen molar-refractivity contribution in [3.63, 3.8) is 0 Å². The van der Waals surface area contributed by atoms with E-state index in [1.807, 2.05) is 0 Å². The summed E-state index contributed by atoms with van der Waals surface area (Å²) in [4.78, 5) is 102. The van der Waals surface area contributed by atoms with Crippen molar-refractivity contribution in [2.75, 3.05) is 119 Å². The predicted octanol–water partition coefficient (Wildman–Crippen LogP) is 10.6. The summed E-state index contributed by atoms with van der Waals surface area (Å²) in [7, 11) is 0. The summed E-state index contributed by atoms with van der Waals surface area (Å²) >= 11 is 0. The van der Waals surface area contributed by atoms with E-state index in [-0.39, 0.29) is 92.5 Å². The highest BCUT2D eigenvalue weighted by Gasteiger charge is 2.64. The van der Waals surface area contributed by atoms with Crippen LogP contribution in [-0.2, 0) is 176 Å². The predicted molar refractivity (Wildman–Crippen MR) is 516 cm³/mol. The van der Waals surface area contributed by atoms with E-state index < -0.39 is 285 Å². The lowest BCUT2D eigenvalue weighted by atomic mass is 9.93. The SMILES string of the molecule is C=CCOCC1O[C@@H](O[C@@H]2[C@@H](OCC=C)[C@H](OC(=O)C(C)(C)C)[C@H](O[C@@H]3[C@@H](OCC=C)[C@H](OC(=O)C(C)(C)C)[C@H](O)O[C@@H]3COCC=C)O[C@@H]2COCC=C)[C@@H](OC(=O)C(C)(C)C)[C@H](OCC=C)[C@H]1O[C@H]1O[C@@H](COCC=C)[C@@H](O[C@H]2O[C@@H](COCC=C)[C@@H](O[C@H]3O[C@@H](COCC=C)[C@@H](OC(C)=O)[C@H](OCC=C)[C@H]3OC(=O)C(C)(C)C)[C@H](OCC=C)[C@H]2OC(=O)C(C)(C)C)[C@H](OCC=C)[C@H]1OC(=O)C(C)(C)C. The first-order chi connectivity index (χ1) is 67.0. The molecule has 0 spiro atoms. The van der Waals surface area contributed by atoms with Gasteiger partial charge in [0.05, 0.1) is 151 Å². The zero-order valence-corrected chi connectivity index (χ0v) is 86.5. The Morgan fingerprint density at radius 3 is 0.542 bits per heavy atom. The van der Waals surface area contributed by atoms with Gasteiger partial charge in [0.1, 0.15) is 104 Å². The van der Waals surface area contributed by atoms with Crippen LogP contribution in [0.4, 0.5) is 0 Å². The quantitative estimate of drug-likeness (QED) is 0.0256. The van der Waals surface area contributed by atoms with Gasteiger partial charge in [-0.1, -0.05) is 72.9 Å². The van der Waals surface area contributed by atoms with Gasteiger partial charge < -0.3 is 147 Å². The molecule has 142 heavy (non-hydrogen) atoms. The maximum atomic E-state index is 15.3. The van der Waals surface area contributed by atoms with Crippen molar-refractivity contribution < 1.29 is 181 Å². The van der Waals surface area contributed by atoms with E-state index in [9.17, 15) is 24.3 Å². The van der Waals surface area contributed by atoms with Crippen molar-refractivity contribution >= 4 is 41.8 Å². The minimum Gasteiger partial charge on any atom is -0.457 e. The van der Waals surface area contributed by atoms with Crippen molar-refractivity contribution in [3.8, 4) is 0 Å². The topological polar surface area (TPSA) is 417 Å². The average Bonchev–Trinajstić information content (AvgIpc) is 0.751. The molecule has 0 saturated carbocycles. The van der Waals surface area contributed by atoms with Crippen molar-refractivity contribution in [1.82, 2.24) is 0 Å². The summed E-state index contributed by atoms with van der Waals surface area (Å²) in [6, 6.07) is 0. The molecule has 6 aliphatic rings. The molecule has 0 bridgehead atoms. The summed E-state index contributed by atoms with van der Waals surface area (Å²) in [5.41, 5.74) is -7.56. The van der Waals surface area contributed by atoms with Gasteiger partial charge in [0.25, 0.3) is 0 Å². The van der Waals surface area contributed by atoms with Crippen LogP contribution in [0.15, 0.2) is 152 Å². The molecular formula is C104H160O38. The van der Waals surface area contributed by atoms with E-state index in [1.54, 1.807) is 125 Å². The van der Waals surface area contributed by atoms with Crippen LogP contribution in [0.5, 0.6) is 0 Å². The summed E-state index contributed by atoms with van der Waals surface area (Å²) in [6.45, 7) is 72.6. The maximum Gasteiger partial charge on any atom is 0.311 e. The average molecular weight is 2020 g/mol. The molecule has 1 unspecified atom stereocenters. The zero-order chi connectivity index (χ0) is 106. The summed E-state index contributed by atoms with van der Waals surface area (Å²) in [5, 5.41) is 11.9. The molecule has 6 rings (SSSR count). The number of ether oxygens (including phenoxy) is 30. The molecule has 30 atom stereocenters. The molecule has 38 heteroatoms. The second-order valence-electron chi connectivity index (χ2n) is 40.6. The largest absolute Gasteiger partial charge is 0.457 e. The summed E-state index contributed by atoms with van der Waals surface area (Å²) < 4.78 is 202. The van der Waals surface area contributed by atoms with Crippen LogP contribution >= 0.6 is 0 Å². The van der Waals surface area contributed by atoms with E-state index in [2.05, 4.69) is 78.9 Å². The number of aliphatic hydroxyl groups is 1. The van der Waals surface area contributed by atoms with Crippen LogP contribution in [0.3, 0.4) is 0 Å². The van der Waals surface area contributed by atoms with Crippen molar-refractivity contribution in [2.24, 2.45) is 32.5 Å². The highest BCUT2D eigenvalue weighted by atomic mass is 16.8. The lowest BCUT2D eigenvalue weighted by Crippen LogP contribution is -2.70. The van der Waals surface area contributed by atoms with Gasteiger partial charge in [-0.05, 0) is 125 Å². The number of esters is 7. The smallest absolute Gasteiger partial charge is 0.311 e. The Kier molecular flexibility index (Phi) is 50.8. The van der Waals surface area contributed by atoms with Crippen molar-refractivity contribution in [3.05, 3.63) is 152 Å². The Hall–Kier alpha value is -7.79. The Morgan fingerprint density at radius 1 is 0.218 bits per heavy atom. The van der Waals surface area contributed by atoms with Crippen LogP contribution in [0.25, 0.3) is 0 Å². The van der Waals surface area contributed by atoms with Gasteiger partial charge >= 0.3 is 41.8 Å². The first-order valence-corrected chi connectivity index (χ1v) is 47.8. The third-order valence-corrected chi connectivity index (χ3v) is 22.0. The Morgan fingerprint density at radius 2 is 0.373 bits per heavy atom. The number of aliphatic hydroxyl groups excluding tert-OH is 1. The third kappa shape index (κ3) is 36.4. The molecule has 6 heterocycles. The fraction of sp³-hybridized carbons (Fsp3) is 0.702. The second kappa shape index (κ2) is 58.7. The van der Waals surface area contributed by atoms with Crippen LogP contribution < -0.4 is 0 Å². The highest BCUT2D eigenvalue weighted by Crippen LogP contribution is 2.45. The lowest BCUT2D eigenvalue weighted by Gasteiger charge is -2.53. The molecule has 0 amide bonds.